The molecule has 2 rings (SSSR count). The van der Waals surface area contributed by atoms with Crippen LogP contribution in [-0.2, 0) is 11.8 Å². The molecule has 2 amide bonds. The second kappa shape index (κ2) is 7.21. The van der Waals surface area contributed by atoms with E-state index in [1.165, 1.54) is 17.9 Å². The van der Waals surface area contributed by atoms with Crippen LogP contribution in [0, 0.1) is 0 Å². The van der Waals surface area contributed by atoms with Crippen molar-refractivity contribution in [1.82, 2.24) is 19.6 Å². The third-order valence-corrected chi connectivity index (χ3v) is 4.24. The lowest BCUT2D eigenvalue weighted by atomic mass is 10.1. The van der Waals surface area contributed by atoms with Crippen molar-refractivity contribution >= 4 is 17.8 Å². The largest absolute Gasteiger partial charge is 0.464 e. The van der Waals surface area contributed by atoms with Crippen molar-refractivity contribution in [2.45, 2.75) is 32.7 Å². The van der Waals surface area contributed by atoms with Crippen molar-refractivity contribution in [2.75, 3.05) is 38.6 Å². The molecule has 0 unspecified atom stereocenters. The van der Waals surface area contributed by atoms with Gasteiger partial charge in [0.15, 0.2) is 5.69 Å². The first-order chi connectivity index (χ1) is 11.2. The van der Waals surface area contributed by atoms with Gasteiger partial charge >= 0.3 is 12.0 Å². The number of rotatable bonds is 2. The van der Waals surface area contributed by atoms with E-state index in [1.54, 1.807) is 11.9 Å². The Morgan fingerprint density at radius 1 is 1.21 bits per heavy atom. The Labute approximate surface area is 142 Å². The Kier molecular flexibility index (Phi) is 5.48. The van der Waals surface area contributed by atoms with Crippen LogP contribution in [0.2, 0.25) is 0 Å². The number of hydrogen-bond acceptors (Lipinski definition) is 5. The SMILES string of the molecule is COC(=O)c1cc(NC(=O)N2CCCN(C(C)(C)C)CC2)n(C)n1. The zero-order chi connectivity index (χ0) is 17.9. The number of methoxy groups -OCH3 is 1. The van der Waals surface area contributed by atoms with Crippen molar-refractivity contribution in [3.8, 4) is 0 Å². The van der Waals surface area contributed by atoms with Gasteiger partial charge in [-0.1, -0.05) is 0 Å². The smallest absolute Gasteiger partial charge is 0.358 e. The molecule has 2 heterocycles. The monoisotopic (exact) mass is 337 g/mol. The molecular weight excluding hydrogens is 310 g/mol. The first kappa shape index (κ1) is 18.3. The molecule has 0 aromatic carbocycles. The van der Waals surface area contributed by atoms with E-state index in [1.807, 2.05) is 0 Å². The number of aryl methyl sites for hydroxylation is 1. The average Bonchev–Trinajstić information content (AvgIpc) is 2.74. The molecule has 8 nitrogen and oxygen atoms in total. The summed E-state index contributed by atoms with van der Waals surface area (Å²) in [5.74, 6) is -0.0565. The molecule has 0 atom stereocenters. The van der Waals surface area contributed by atoms with Gasteiger partial charge in [-0.05, 0) is 27.2 Å². The Balaban J connectivity index is 2.00. The van der Waals surface area contributed by atoms with Crippen LogP contribution < -0.4 is 5.32 Å². The van der Waals surface area contributed by atoms with Crippen molar-refractivity contribution in [3.05, 3.63) is 11.8 Å². The first-order valence-electron chi connectivity index (χ1n) is 8.15. The standard InChI is InChI=1S/C16H27N5O3/c1-16(2,3)21-8-6-7-20(9-10-21)15(23)17-13-11-12(14(22)24-5)18-19(13)4/h11H,6-10H2,1-5H3,(H,17,23). The summed E-state index contributed by atoms with van der Waals surface area (Å²) in [6, 6.07) is 1.34. The molecule has 1 N–H and O–H groups in total. The Morgan fingerprint density at radius 2 is 1.92 bits per heavy atom. The Hall–Kier alpha value is -2.09. The van der Waals surface area contributed by atoms with Crippen molar-refractivity contribution in [2.24, 2.45) is 7.05 Å². The number of esters is 1. The topological polar surface area (TPSA) is 79.7 Å². The van der Waals surface area contributed by atoms with E-state index in [9.17, 15) is 9.59 Å². The van der Waals surface area contributed by atoms with Crippen LogP contribution in [0.4, 0.5) is 10.6 Å². The van der Waals surface area contributed by atoms with Gasteiger partial charge in [-0.2, -0.15) is 5.10 Å². The third-order valence-electron chi connectivity index (χ3n) is 4.24. The maximum Gasteiger partial charge on any atom is 0.358 e. The van der Waals surface area contributed by atoms with Gasteiger partial charge in [0.1, 0.15) is 5.82 Å². The van der Waals surface area contributed by atoms with E-state index in [0.717, 1.165) is 19.5 Å². The van der Waals surface area contributed by atoms with Gasteiger partial charge in [0.25, 0.3) is 0 Å². The van der Waals surface area contributed by atoms with E-state index in [2.05, 4.69) is 40.8 Å². The van der Waals surface area contributed by atoms with Crippen molar-refractivity contribution in [1.29, 1.82) is 0 Å². The molecular formula is C16H27N5O3. The van der Waals surface area contributed by atoms with Crippen LogP contribution in [0.25, 0.3) is 0 Å². The fourth-order valence-corrected chi connectivity index (χ4v) is 2.77. The number of ether oxygens (including phenoxy) is 1. The Morgan fingerprint density at radius 3 is 2.54 bits per heavy atom. The van der Waals surface area contributed by atoms with Crippen molar-refractivity contribution < 1.29 is 14.3 Å². The fraction of sp³-hybridized carbons (Fsp3) is 0.688. The highest BCUT2D eigenvalue weighted by Crippen LogP contribution is 2.17. The number of carbonyl (C=O) groups excluding carboxylic acids is 2. The predicted octanol–water partition coefficient (Wildman–Crippen LogP) is 1.54. The minimum Gasteiger partial charge on any atom is -0.464 e. The average molecular weight is 337 g/mol. The highest BCUT2D eigenvalue weighted by molar-refractivity contribution is 5.92. The molecule has 0 radical (unpaired) electrons. The summed E-state index contributed by atoms with van der Waals surface area (Å²) < 4.78 is 6.10. The van der Waals surface area contributed by atoms with Crippen LogP contribution in [0.15, 0.2) is 6.07 Å². The number of aromatic nitrogens is 2. The minimum absolute atomic E-state index is 0.101. The lowest BCUT2D eigenvalue weighted by Crippen LogP contribution is -2.44. The van der Waals surface area contributed by atoms with E-state index < -0.39 is 5.97 Å². The molecule has 1 aromatic heterocycles. The van der Waals surface area contributed by atoms with E-state index >= 15 is 0 Å². The highest BCUT2D eigenvalue weighted by atomic mass is 16.5. The molecule has 1 saturated heterocycles. The normalized spacial score (nSPS) is 16.6. The van der Waals surface area contributed by atoms with E-state index in [0.29, 0.717) is 18.9 Å². The molecule has 24 heavy (non-hydrogen) atoms. The van der Waals surface area contributed by atoms with Gasteiger partial charge in [0.2, 0.25) is 0 Å². The van der Waals surface area contributed by atoms with Gasteiger partial charge in [-0.25, -0.2) is 9.59 Å². The molecule has 1 fully saturated rings. The highest BCUT2D eigenvalue weighted by Gasteiger charge is 2.26. The van der Waals surface area contributed by atoms with E-state index in [-0.39, 0.29) is 17.3 Å². The summed E-state index contributed by atoms with van der Waals surface area (Å²) in [7, 11) is 2.97. The molecule has 8 heteroatoms. The summed E-state index contributed by atoms with van der Waals surface area (Å²) >= 11 is 0. The van der Waals surface area contributed by atoms with Crippen LogP contribution in [0.5, 0.6) is 0 Å². The molecule has 0 saturated carbocycles. The number of hydrogen-bond donors (Lipinski definition) is 1. The zero-order valence-electron chi connectivity index (χ0n) is 15.1. The maximum atomic E-state index is 12.5. The quantitative estimate of drug-likeness (QED) is 0.828. The number of urea groups is 1. The molecule has 134 valence electrons. The van der Waals surface area contributed by atoms with Gasteiger partial charge in [0, 0.05) is 44.8 Å². The summed E-state index contributed by atoms with van der Waals surface area (Å²) in [5.41, 5.74) is 0.272. The fourth-order valence-electron chi connectivity index (χ4n) is 2.77. The van der Waals surface area contributed by atoms with Gasteiger partial charge in [-0.3, -0.25) is 14.9 Å². The molecule has 0 bridgehead atoms. The summed E-state index contributed by atoms with van der Waals surface area (Å²) in [4.78, 5) is 28.2. The number of anilines is 1. The maximum absolute atomic E-state index is 12.5. The second-order valence-electron chi connectivity index (χ2n) is 6.96. The third kappa shape index (κ3) is 4.25. The van der Waals surface area contributed by atoms with Crippen LogP contribution in [-0.4, -0.2) is 70.4 Å². The van der Waals surface area contributed by atoms with Gasteiger partial charge in [0.05, 0.1) is 7.11 Å². The lowest BCUT2D eigenvalue weighted by molar-refractivity contribution is 0.0593. The second-order valence-corrected chi connectivity index (χ2v) is 6.96. The molecule has 1 aliphatic heterocycles. The van der Waals surface area contributed by atoms with Gasteiger partial charge < -0.3 is 9.64 Å². The van der Waals surface area contributed by atoms with Crippen LogP contribution >= 0.6 is 0 Å². The first-order valence-corrected chi connectivity index (χ1v) is 8.15. The van der Waals surface area contributed by atoms with Crippen molar-refractivity contribution in [3.63, 3.8) is 0 Å². The molecule has 0 aliphatic carbocycles. The van der Waals surface area contributed by atoms with Crippen LogP contribution in [0.3, 0.4) is 0 Å². The molecule has 1 aromatic rings. The minimum atomic E-state index is -0.526. The lowest BCUT2D eigenvalue weighted by Gasteiger charge is -2.34. The molecule has 1 aliphatic rings. The summed E-state index contributed by atoms with van der Waals surface area (Å²) in [6.45, 7) is 9.76. The van der Waals surface area contributed by atoms with Crippen LogP contribution in [0.1, 0.15) is 37.7 Å². The summed E-state index contributed by atoms with van der Waals surface area (Å²) in [6.07, 6.45) is 0.934. The zero-order valence-corrected chi connectivity index (χ0v) is 15.1. The number of amides is 2. The Bertz CT molecular complexity index is 605. The number of nitrogens with zero attached hydrogens (tertiary/aromatic N) is 4. The molecule has 0 spiro atoms. The predicted molar refractivity (Wildman–Crippen MR) is 91.1 cm³/mol. The summed E-state index contributed by atoms with van der Waals surface area (Å²) in [5, 5.41) is 6.86. The van der Waals surface area contributed by atoms with E-state index in [4.69, 9.17) is 0 Å². The number of carbonyl (C=O) groups is 2. The van der Waals surface area contributed by atoms with Gasteiger partial charge in [-0.15, -0.1) is 0 Å². The number of nitrogens with one attached hydrogen (secondary N) is 1.